The fourth-order valence-electron chi connectivity index (χ4n) is 12.0. The molecule has 0 spiro atoms. The summed E-state index contributed by atoms with van der Waals surface area (Å²) >= 11 is 0. The Morgan fingerprint density at radius 1 is 0.265 bits per heavy atom. The van der Waals surface area contributed by atoms with E-state index in [0.29, 0.717) is 11.8 Å². The molecule has 0 unspecified atom stereocenters. The molecule has 0 fully saturated rings. The molecule has 2 aromatic heterocycles. The fourth-order valence-corrected chi connectivity index (χ4v) is 12.0. The fraction of sp³-hybridized carbons (Fsp3) is 0.0390. The molecule has 6 heteroatoms. The molecule has 15 rings (SSSR count). The first-order valence-corrected chi connectivity index (χ1v) is 28.2. The second kappa shape index (κ2) is 20.4. The molecule has 0 amide bonds. The zero-order valence-electron chi connectivity index (χ0n) is 45.8. The van der Waals surface area contributed by atoms with Crippen molar-refractivity contribution in [2.75, 3.05) is 9.80 Å². The van der Waals surface area contributed by atoms with E-state index in [0.717, 1.165) is 89.7 Å². The van der Waals surface area contributed by atoms with Gasteiger partial charge in [0, 0.05) is 50.7 Å². The molecule has 12 aromatic carbocycles. The summed E-state index contributed by atoms with van der Waals surface area (Å²) < 4.78 is 12.2. The van der Waals surface area contributed by atoms with Crippen molar-refractivity contribution >= 4 is 56.3 Å². The minimum absolute atomic E-state index is 0.329. The topological polar surface area (TPSA) is 58.5 Å². The van der Waals surface area contributed by atoms with Gasteiger partial charge in [-0.1, -0.05) is 184 Å². The van der Waals surface area contributed by atoms with Crippen LogP contribution in [0.25, 0.3) is 101 Å². The second-order valence-corrected chi connectivity index (χ2v) is 21.8. The number of aromatic nitrogens is 2. The van der Waals surface area contributed by atoms with Crippen LogP contribution in [-0.4, -0.2) is 9.97 Å². The SMILES string of the molecule is CC1(C)c2cc(N(c3ccc(-c4ccccc4)cc3)c3ccc(-c4ccc(-c5nc6ccccc6o5)cc4)cc3)ccc2-c2ccc(N(c3ccc(-c4ccccc4)cc3)c3ccc(-c4ccc(-c5nc6ccccc6o5)cc4)cc3)cc21. The van der Waals surface area contributed by atoms with Crippen molar-refractivity contribution in [3.63, 3.8) is 0 Å². The van der Waals surface area contributed by atoms with Crippen LogP contribution in [0.4, 0.5) is 34.1 Å². The van der Waals surface area contributed by atoms with E-state index in [-0.39, 0.29) is 5.41 Å². The quantitative estimate of drug-likeness (QED) is 0.122. The molecular formula is C77H54N4O2. The van der Waals surface area contributed by atoms with Gasteiger partial charge < -0.3 is 18.6 Å². The Kier molecular flexibility index (Phi) is 12.1. The van der Waals surface area contributed by atoms with Crippen molar-refractivity contribution in [2.24, 2.45) is 0 Å². The predicted octanol–water partition coefficient (Wildman–Crippen LogP) is 21.2. The van der Waals surface area contributed by atoms with E-state index in [9.17, 15) is 0 Å². The molecule has 14 aromatic rings. The highest BCUT2D eigenvalue weighted by atomic mass is 16.4. The highest BCUT2D eigenvalue weighted by Gasteiger charge is 2.37. The second-order valence-electron chi connectivity index (χ2n) is 21.8. The first-order chi connectivity index (χ1) is 40.8. The maximum atomic E-state index is 6.09. The number of hydrogen-bond donors (Lipinski definition) is 0. The summed E-state index contributed by atoms with van der Waals surface area (Å²) in [6.45, 7) is 4.75. The summed E-state index contributed by atoms with van der Waals surface area (Å²) in [7, 11) is 0. The number of nitrogens with zero attached hydrogens (tertiary/aromatic N) is 4. The lowest BCUT2D eigenvalue weighted by molar-refractivity contribution is 0.619. The average molecular weight is 1070 g/mol. The van der Waals surface area contributed by atoms with Crippen LogP contribution in [0, 0.1) is 0 Å². The molecule has 0 radical (unpaired) electrons. The lowest BCUT2D eigenvalue weighted by Crippen LogP contribution is -2.17. The Morgan fingerprint density at radius 3 is 0.855 bits per heavy atom. The van der Waals surface area contributed by atoms with Gasteiger partial charge in [0.25, 0.3) is 0 Å². The van der Waals surface area contributed by atoms with Gasteiger partial charge >= 0.3 is 0 Å². The van der Waals surface area contributed by atoms with E-state index in [1.165, 1.54) is 44.5 Å². The van der Waals surface area contributed by atoms with Crippen molar-refractivity contribution in [3.05, 3.63) is 302 Å². The molecule has 0 bridgehead atoms. The molecule has 0 N–H and O–H groups in total. The van der Waals surface area contributed by atoms with Gasteiger partial charge in [0.15, 0.2) is 11.2 Å². The van der Waals surface area contributed by atoms with Crippen LogP contribution in [0.15, 0.2) is 300 Å². The molecule has 0 aliphatic heterocycles. The van der Waals surface area contributed by atoms with Crippen molar-refractivity contribution in [1.29, 1.82) is 0 Å². The summed E-state index contributed by atoms with van der Waals surface area (Å²) in [6, 6.07) is 104. The largest absolute Gasteiger partial charge is 0.436 e. The third-order valence-electron chi connectivity index (χ3n) is 16.4. The molecular weight excluding hydrogens is 1010 g/mol. The van der Waals surface area contributed by atoms with Crippen LogP contribution in [0.2, 0.25) is 0 Å². The Labute approximate surface area is 482 Å². The molecule has 6 nitrogen and oxygen atoms in total. The molecule has 1 aliphatic carbocycles. The van der Waals surface area contributed by atoms with E-state index in [1.807, 2.05) is 48.5 Å². The summed E-state index contributed by atoms with van der Waals surface area (Å²) in [5, 5.41) is 0. The Bertz CT molecular complexity index is 4280. The van der Waals surface area contributed by atoms with Crippen LogP contribution < -0.4 is 9.80 Å². The molecule has 0 atom stereocenters. The predicted molar refractivity (Wildman–Crippen MR) is 341 cm³/mol. The van der Waals surface area contributed by atoms with Gasteiger partial charge in [0.1, 0.15) is 11.0 Å². The van der Waals surface area contributed by atoms with Gasteiger partial charge in [-0.15, -0.1) is 0 Å². The van der Waals surface area contributed by atoms with Crippen LogP contribution in [0.3, 0.4) is 0 Å². The summed E-state index contributed by atoms with van der Waals surface area (Å²) in [4.78, 5) is 14.2. The highest BCUT2D eigenvalue weighted by Crippen LogP contribution is 2.53. The van der Waals surface area contributed by atoms with Crippen LogP contribution in [-0.2, 0) is 5.41 Å². The Balaban J connectivity index is 0.762. The molecule has 83 heavy (non-hydrogen) atoms. The number of fused-ring (bicyclic) bond motifs is 5. The third kappa shape index (κ3) is 9.13. The maximum Gasteiger partial charge on any atom is 0.227 e. The normalized spacial score (nSPS) is 12.3. The standard InChI is InChI=1S/C77H54N4O2/c1-77(2)69-49-65(80(61-37-29-55(30-38-61)51-13-5-3-6-14-51)63-41-33-57(34-42-63)53-21-25-59(26-22-53)75-78-71-17-9-11-19-73(71)82-75)45-47-67(69)68-48-46-66(50-70(68)77)81(62-39-31-56(32-40-62)52-15-7-4-8-16-52)64-43-35-58(36-44-64)54-23-27-60(28-24-54)76-79-72-18-10-12-20-74(72)83-76/h3-50H,1-2H3. The molecule has 1 aliphatic rings. The zero-order valence-corrected chi connectivity index (χ0v) is 45.8. The lowest BCUT2D eigenvalue weighted by atomic mass is 9.82. The molecule has 0 saturated heterocycles. The van der Waals surface area contributed by atoms with Gasteiger partial charge in [0.2, 0.25) is 11.8 Å². The first kappa shape index (κ1) is 49.2. The number of para-hydroxylation sites is 4. The van der Waals surface area contributed by atoms with Crippen molar-refractivity contribution in [3.8, 4) is 78.5 Å². The van der Waals surface area contributed by atoms with Crippen LogP contribution >= 0.6 is 0 Å². The summed E-state index contributed by atoms with van der Waals surface area (Å²) in [6.07, 6.45) is 0. The van der Waals surface area contributed by atoms with E-state index in [2.05, 4.69) is 266 Å². The van der Waals surface area contributed by atoms with E-state index >= 15 is 0 Å². The maximum absolute atomic E-state index is 6.09. The van der Waals surface area contributed by atoms with Gasteiger partial charge in [0.05, 0.1) is 0 Å². The first-order valence-electron chi connectivity index (χ1n) is 28.2. The van der Waals surface area contributed by atoms with Gasteiger partial charge in [-0.2, -0.15) is 0 Å². The Hall–Kier alpha value is -10.8. The lowest BCUT2D eigenvalue weighted by Gasteiger charge is -2.29. The summed E-state index contributed by atoms with van der Waals surface area (Å²) in [5.74, 6) is 1.24. The van der Waals surface area contributed by atoms with Crippen LogP contribution in [0.5, 0.6) is 0 Å². The van der Waals surface area contributed by atoms with Crippen LogP contribution in [0.1, 0.15) is 25.0 Å². The van der Waals surface area contributed by atoms with Crippen molar-refractivity contribution in [2.45, 2.75) is 19.3 Å². The number of oxazole rings is 2. The molecule has 0 saturated carbocycles. The van der Waals surface area contributed by atoms with E-state index in [1.54, 1.807) is 0 Å². The van der Waals surface area contributed by atoms with Crippen molar-refractivity contribution in [1.82, 2.24) is 9.97 Å². The molecule has 2 heterocycles. The Morgan fingerprint density at radius 2 is 0.530 bits per heavy atom. The zero-order chi connectivity index (χ0) is 55.4. The third-order valence-corrected chi connectivity index (χ3v) is 16.4. The van der Waals surface area contributed by atoms with Gasteiger partial charge in [-0.3, -0.25) is 0 Å². The van der Waals surface area contributed by atoms with E-state index in [4.69, 9.17) is 18.8 Å². The monoisotopic (exact) mass is 1070 g/mol. The average Bonchev–Trinajstić information content (AvgIpc) is 4.19. The van der Waals surface area contributed by atoms with Crippen molar-refractivity contribution < 1.29 is 8.83 Å². The van der Waals surface area contributed by atoms with Gasteiger partial charge in [-0.05, 0) is 188 Å². The number of anilines is 6. The molecule has 394 valence electrons. The summed E-state index contributed by atoms with van der Waals surface area (Å²) in [5.41, 5.74) is 25.6. The highest BCUT2D eigenvalue weighted by molar-refractivity contribution is 5.90. The minimum Gasteiger partial charge on any atom is -0.436 e. The van der Waals surface area contributed by atoms with Gasteiger partial charge in [-0.25, -0.2) is 9.97 Å². The number of hydrogen-bond acceptors (Lipinski definition) is 6. The van der Waals surface area contributed by atoms with E-state index < -0.39 is 0 Å². The minimum atomic E-state index is -0.329. The smallest absolute Gasteiger partial charge is 0.227 e. The number of benzene rings is 12. The number of rotatable bonds is 12.